The summed E-state index contributed by atoms with van der Waals surface area (Å²) < 4.78 is 10.2. The summed E-state index contributed by atoms with van der Waals surface area (Å²) in [6.07, 6.45) is 0. The highest BCUT2D eigenvalue weighted by atomic mass is 16.6. The lowest BCUT2D eigenvalue weighted by atomic mass is 10.1. The molecule has 0 aliphatic carbocycles. The number of methoxy groups -OCH3 is 2. The fourth-order valence-corrected chi connectivity index (χ4v) is 1.92. The third-order valence-electron chi connectivity index (χ3n) is 3.00. The SMILES string of the molecule is COc1cc([N+](=O)[O-])ccc1NC(=O)c1ccccc1OC. The first-order chi connectivity index (χ1) is 10.6. The Morgan fingerprint density at radius 2 is 1.77 bits per heavy atom. The number of hydrogen-bond acceptors (Lipinski definition) is 5. The van der Waals surface area contributed by atoms with Gasteiger partial charge in [-0.3, -0.25) is 14.9 Å². The van der Waals surface area contributed by atoms with E-state index < -0.39 is 10.8 Å². The predicted molar refractivity (Wildman–Crippen MR) is 80.6 cm³/mol. The smallest absolute Gasteiger partial charge is 0.273 e. The van der Waals surface area contributed by atoms with Gasteiger partial charge >= 0.3 is 0 Å². The summed E-state index contributed by atoms with van der Waals surface area (Å²) in [7, 11) is 2.84. The molecule has 0 atom stereocenters. The average Bonchev–Trinajstić information content (AvgIpc) is 2.54. The van der Waals surface area contributed by atoms with Crippen LogP contribution in [0, 0.1) is 10.1 Å². The summed E-state index contributed by atoms with van der Waals surface area (Å²) in [5, 5.41) is 13.4. The van der Waals surface area contributed by atoms with Crippen LogP contribution in [0.5, 0.6) is 11.5 Å². The second kappa shape index (κ2) is 6.57. The van der Waals surface area contributed by atoms with Crippen LogP contribution < -0.4 is 14.8 Å². The number of nitrogens with one attached hydrogen (secondary N) is 1. The monoisotopic (exact) mass is 302 g/mol. The Morgan fingerprint density at radius 1 is 1.09 bits per heavy atom. The van der Waals surface area contributed by atoms with Gasteiger partial charge in [-0.25, -0.2) is 0 Å². The fraction of sp³-hybridized carbons (Fsp3) is 0.133. The molecule has 2 aromatic rings. The summed E-state index contributed by atoms with van der Waals surface area (Å²) in [6.45, 7) is 0. The number of ether oxygens (including phenoxy) is 2. The molecule has 7 nitrogen and oxygen atoms in total. The van der Waals surface area contributed by atoms with Gasteiger partial charge in [0.2, 0.25) is 0 Å². The summed E-state index contributed by atoms with van der Waals surface area (Å²) in [4.78, 5) is 22.5. The van der Waals surface area contributed by atoms with Crippen molar-refractivity contribution >= 4 is 17.3 Å². The maximum absolute atomic E-state index is 12.3. The number of nitrogens with zero attached hydrogens (tertiary/aromatic N) is 1. The molecular formula is C15H14N2O5. The number of hydrogen-bond donors (Lipinski definition) is 1. The molecule has 2 aromatic carbocycles. The minimum atomic E-state index is -0.533. The first-order valence-electron chi connectivity index (χ1n) is 6.33. The summed E-state index contributed by atoms with van der Waals surface area (Å²) in [5.74, 6) is 0.239. The first-order valence-corrected chi connectivity index (χ1v) is 6.33. The van der Waals surface area contributed by atoms with Crippen molar-refractivity contribution in [2.75, 3.05) is 19.5 Å². The molecule has 0 aromatic heterocycles. The van der Waals surface area contributed by atoms with Gasteiger partial charge in [0.15, 0.2) is 0 Å². The molecule has 0 aliphatic heterocycles. The highest BCUT2D eigenvalue weighted by Gasteiger charge is 2.16. The number of carbonyl (C=O) groups is 1. The zero-order chi connectivity index (χ0) is 16.1. The molecule has 2 rings (SSSR count). The maximum Gasteiger partial charge on any atom is 0.273 e. The fourth-order valence-electron chi connectivity index (χ4n) is 1.92. The topological polar surface area (TPSA) is 90.7 Å². The lowest BCUT2D eigenvalue weighted by Gasteiger charge is -2.11. The van der Waals surface area contributed by atoms with Crippen molar-refractivity contribution in [1.82, 2.24) is 0 Å². The lowest BCUT2D eigenvalue weighted by Crippen LogP contribution is -2.13. The molecule has 22 heavy (non-hydrogen) atoms. The quantitative estimate of drug-likeness (QED) is 0.677. The number of benzene rings is 2. The van der Waals surface area contributed by atoms with Gasteiger partial charge in [-0.1, -0.05) is 12.1 Å². The molecule has 1 amide bonds. The van der Waals surface area contributed by atoms with Crippen LogP contribution in [-0.4, -0.2) is 25.1 Å². The van der Waals surface area contributed by atoms with Crippen LogP contribution in [0.25, 0.3) is 0 Å². The number of para-hydroxylation sites is 1. The number of nitro groups is 1. The molecule has 0 fully saturated rings. The maximum atomic E-state index is 12.3. The van der Waals surface area contributed by atoms with E-state index in [2.05, 4.69) is 5.32 Å². The van der Waals surface area contributed by atoms with E-state index in [1.54, 1.807) is 24.3 Å². The highest BCUT2D eigenvalue weighted by Crippen LogP contribution is 2.30. The van der Waals surface area contributed by atoms with Crippen LogP contribution in [0.4, 0.5) is 11.4 Å². The number of non-ortho nitro benzene ring substituents is 1. The molecule has 114 valence electrons. The number of anilines is 1. The van der Waals surface area contributed by atoms with Gasteiger partial charge in [0.25, 0.3) is 11.6 Å². The van der Waals surface area contributed by atoms with Crippen LogP contribution >= 0.6 is 0 Å². The molecule has 0 spiro atoms. The zero-order valence-corrected chi connectivity index (χ0v) is 12.0. The van der Waals surface area contributed by atoms with E-state index in [0.717, 1.165) is 0 Å². The third-order valence-corrected chi connectivity index (χ3v) is 3.00. The first kappa shape index (κ1) is 15.3. The van der Waals surface area contributed by atoms with Crippen molar-refractivity contribution in [2.24, 2.45) is 0 Å². The van der Waals surface area contributed by atoms with Gasteiger partial charge in [-0.05, 0) is 18.2 Å². The average molecular weight is 302 g/mol. The van der Waals surface area contributed by atoms with Crippen LogP contribution in [0.1, 0.15) is 10.4 Å². The Hall–Kier alpha value is -3.09. The van der Waals surface area contributed by atoms with Crippen molar-refractivity contribution < 1.29 is 19.2 Å². The van der Waals surface area contributed by atoms with Gasteiger partial charge < -0.3 is 14.8 Å². The number of amides is 1. The number of carbonyl (C=O) groups excluding carboxylic acids is 1. The lowest BCUT2D eigenvalue weighted by molar-refractivity contribution is -0.384. The van der Waals surface area contributed by atoms with Crippen LogP contribution in [0.15, 0.2) is 42.5 Å². The summed E-state index contributed by atoms with van der Waals surface area (Å²) >= 11 is 0. The number of nitro benzene ring substituents is 1. The Kier molecular flexibility index (Phi) is 4.57. The normalized spacial score (nSPS) is 9.91. The minimum Gasteiger partial charge on any atom is -0.496 e. The second-order valence-electron chi connectivity index (χ2n) is 4.30. The predicted octanol–water partition coefficient (Wildman–Crippen LogP) is 2.86. The minimum absolute atomic E-state index is 0.118. The van der Waals surface area contributed by atoms with Gasteiger partial charge in [0, 0.05) is 6.07 Å². The highest BCUT2D eigenvalue weighted by molar-refractivity contribution is 6.06. The molecule has 0 saturated heterocycles. The van der Waals surface area contributed by atoms with E-state index in [1.165, 1.54) is 32.4 Å². The van der Waals surface area contributed by atoms with E-state index in [1.807, 2.05) is 0 Å². The van der Waals surface area contributed by atoms with Crippen molar-refractivity contribution in [3.05, 3.63) is 58.1 Å². The van der Waals surface area contributed by atoms with Gasteiger partial charge in [0.1, 0.15) is 11.5 Å². The zero-order valence-electron chi connectivity index (χ0n) is 12.0. The van der Waals surface area contributed by atoms with E-state index >= 15 is 0 Å². The van der Waals surface area contributed by atoms with Crippen molar-refractivity contribution in [3.63, 3.8) is 0 Å². The number of rotatable bonds is 5. The van der Waals surface area contributed by atoms with Crippen molar-refractivity contribution in [1.29, 1.82) is 0 Å². The summed E-state index contributed by atoms with van der Waals surface area (Å²) in [6, 6.07) is 10.7. The van der Waals surface area contributed by atoms with Crippen molar-refractivity contribution in [3.8, 4) is 11.5 Å². The van der Waals surface area contributed by atoms with E-state index in [4.69, 9.17) is 9.47 Å². The van der Waals surface area contributed by atoms with Crippen molar-refractivity contribution in [2.45, 2.75) is 0 Å². The molecular weight excluding hydrogens is 288 g/mol. The Labute approximate surface area is 126 Å². The summed E-state index contributed by atoms with van der Waals surface area (Å²) in [5.41, 5.74) is 0.571. The molecule has 0 heterocycles. The largest absolute Gasteiger partial charge is 0.496 e. The molecule has 7 heteroatoms. The molecule has 1 N–H and O–H groups in total. The Balaban J connectivity index is 2.30. The molecule has 0 bridgehead atoms. The molecule has 0 unspecified atom stereocenters. The molecule has 0 radical (unpaired) electrons. The Morgan fingerprint density at radius 3 is 2.41 bits per heavy atom. The van der Waals surface area contributed by atoms with Gasteiger partial charge in [-0.15, -0.1) is 0 Å². The van der Waals surface area contributed by atoms with E-state index in [0.29, 0.717) is 17.0 Å². The van der Waals surface area contributed by atoms with E-state index in [-0.39, 0.29) is 11.4 Å². The molecule has 0 saturated carbocycles. The van der Waals surface area contributed by atoms with Crippen LogP contribution in [0.3, 0.4) is 0 Å². The van der Waals surface area contributed by atoms with Gasteiger partial charge in [-0.2, -0.15) is 0 Å². The third kappa shape index (κ3) is 3.14. The Bertz CT molecular complexity index is 715. The molecule has 0 aliphatic rings. The van der Waals surface area contributed by atoms with Crippen LogP contribution in [-0.2, 0) is 0 Å². The van der Waals surface area contributed by atoms with Crippen LogP contribution in [0.2, 0.25) is 0 Å². The standard InChI is InChI=1S/C15H14N2O5/c1-21-13-6-4-3-5-11(13)15(18)16-12-8-7-10(17(19)20)9-14(12)22-2/h3-9H,1-2H3,(H,16,18). The van der Waals surface area contributed by atoms with E-state index in [9.17, 15) is 14.9 Å². The second-order valence-corrected chi connectivity index (χ2v) is 4.30. The van der Waals surface area contributed by atoms with Gasteiger partial charge in [0.05, 0.1) is 36.5 Å².